The third-order valence-corrected chi connectivity index (χ3v) is 4.36. The molecule has 3 aromatic rings. The summed E-state index contributed by atoms with van der Waals surface area (Å²) in [6.45, 7) is 0.260. The van der Waals surface area contributed by atoms with E-state index in [-0.39, 0.29) is 12.2 Å². The van der Waals surface area contributed by atoms with Gasteiger partial charge in [-0.15, -0.1) is 11.3 Å². The second-order valence-electron chi connectivity index (χ2n) is 5.69. The average molecular weight is 404 g/mol. The molecule has 0 unspecified atom stereocenters. The Kier molecular flexibility index (Phi) is 6.10. The Morgan fingerprint density at radius 3 is 2.68 bits per heavy atom. The Balaban J connectivity index is 1.55. The summed E-state index contributed by atoms with van der Waals surface area (Å²) in [6, 6.07) is 14.0. The highest BCUT2D eigenvalue weighted by atomic mass is 32.1. The minimum absolute atomic E-state index is 0.260. The number of benzene rings is 2. The molecule has 144 valence electrons. The van der Waals surface area contributed by atoms with Crippen molar-refractivity contribution in [2.24, 2.45) is 0 Å². The fourth-order valence-electron chi connectivity index (χ4n) is 2.24. The molecule has 0 aliphatic heterocycles. The topological polar surface area (TPSA) is 51.2 Å². The zero-order valence-corrected chi connectivity index (χ0v) is 15.3. The monoisotopic (exact) mass is 404 g/mol. The zero-order chi connectivity index (χ0) is 20.0. The highest BCUT2D eigenvalue weighted by Gasteiger charge is 2.30. The van der Waals surface area contributed by atoms with Crippen molar-refractivity contribution in [2.75, 3.05) is 5.32 Å². The molecule has 0 fully saturated rings. The number of alkyl halides is 3. The number of ether oxygens (including phenoxy) is 1. The van der Waals surface area contributed by atoms with Crippen molar-refractivity contribution < 1.29 is 22.7 Å². The van der Waals surface area contributed by atoms with Crippen LogP contribution in [-0.4, -0.2) is 10.9 Å². The second kappa shape index (κ2) is 8.71. The highest BCUT2D eigenvalue weighted by molar-refractivity contribution is 7.13. The number of carbonyl (C=O) groups is 1. The molecule has 0 spiro atoms. The standard InChI is InChI=1S/C20H15F3N2O2S/c21-20(22,23)15-6-4-5-14(11-15)9-10-18(26)25-19-24-16(13-28-19)12-27-17-7-2-1-3-8-17/h1-11,13H,12H2,(H,24,25,26). The van der Waals surface area contributed by atoms with Gasteiger partial charge in [-0.25, -0.2) is 4.98 Å². The smallest absolute Gasteiger partial charge is 0.416 e. The van der Waals surface area contributed by atoms with Crippen LogP contribution < -0.4 is 10.1 Å². The number of carbonyl (C=O) groups excluding carboxylic acids is 1. The molecular formula is C20H15F3N2O2S. The lowest BCUT2D eigenvalue weighted by Gasteiger charge is -2.06. The van der Waals surface area contributed by atoms with Gasteiger partial charge in [-0.2, -0.15) is 13.2 Å². The molecule has 4 nitrogen and oxygen atoms in total. The van der Waals surface area contributed by atoms with Gasteiger partial charge in [-0.3, -0.25) is 10.1 Å². The van der Waals surface area contributed by atoms with Gasteiger partial charge in [-0.1, -0.05) is 30.3 Å². The lowest BCUT2D eigenvalue weighted by molar-refractivity contribution is -0.137. The molecule has 0 bridgehead atoms. The molecule has 8 heteroatoms. The second-order valence-corrected chi connectivity index (χ2v) is 6.55. The number of rotatable bonds is 6. The van der Waals surface area contributed by atoms with Crippen LogP contribution in [0.3, 0.4) is 0 Å². The molecule has 0 aliphatic carbocycles. The van der Waals surface area contributed by atoms with Crippen LogP contribution in [-0.2, 0) is 17.6 Å². The fraction of sp³-hybridized carbons (Fsp3) is 0.100. The number of hydrogen-bond donors (Lipinski definition) is 1. The van der Waals surface area contributed by atoms with E-state index in [4.69, 9.17) is 4.74 Å². The molecule has 2 aromatic carbocycles. The largest absolute Gasteiger partial charge is 0.487 e. The number of amides is 1. The van der Waals surface area contributed by atoms with E-state index in [0.29, 0.717) is 16.6 Å². The molecule has 1 N–H and O–H groups in total. The molecule has 3 rings (SSSR count). The van der Waals surface area contributed by atoms with E-state index in [0.717, 1.165) is 18.2 Å². The summed E-state index contributed by atoms with van der Waals surface area (Å²) in [5, 5.41) is 4.72. The number of nitrogens with zero attached hydrogens (tertiary/aromatic N) is 1. The lowest BCUT2D eigenvalue weighted by Crippen LogP contribution is -2.08. The van der Waals surface area contributed by atoms with E-state index in [1.165, 1.54) is 29.5 Å². The fourth-order valence-corrected chi connectivity index (χ4v) is 2.94. The van der Waals surface area contributed by atoms with Crippen LogP contribution >= 0.6 is 11.3 Å². The van der Waals surface area contributed by atoms with Crippen LogP contribution in [0, 0.1) is 0 Å². The van der Waals surface area contributed by atoms with E-state index in [1.807, 2.05) is 30.3 Å². The minimum Gasteiger partial charge on any atom is -0.487 e. The first kappa shape index (κ1) is 19.6. The number of anilines is 1. The van der Waals surface area contributed by atoms with E-state index in [9.17, 15) is 18.0 Å². The van der Waals surface area contributed by atoms with Gasteiger partial charge in [0.2, 0.25) is 5.91 Å². The van der Waals surface area contributed by atoms with E-state index < -0.39 is 17.6 Å². The molecule has 0 saturated heterocycles. The quantitative estimate of drug-likeness (QED) is 0.560. The van der Waals surface area contributed by atoms with Crippen molar-refractivity contribution in [1.29, 1.82) is 0 Å². The summed E-state index contributed by atoms with van der Waals surface area (Å²) >= 11 is 1.23. The Morgan fingerprint density at radius 2 is 1.93 bits per heavy atom. The lowest BCUT2D eigenvalue weighted by atomic mass is 10.1. The van der Waals surface area contributed by atoms with Gasteiger partial charge >= 0.3 is 6.18 Å². The van der Waals surface area contributed by atoms with Gasteiger partial charge in [0.15, 0.2) is 5.13 Å². The Labute approximate surface area is 163 Å². The molecule has 0 aliphatic rings. The normalized spacial score (nSPS) is 11.5. The van der Waals surface area contributed by atoms with Crippen LogP contribution in [0.15, 0.2) is 66.1 Å². The van der Waals surface area contributed by atoms with Crippen molar-refractivity contribution >= 4 is 28.5 Å². The minimum atomic E-state index is -4.43. The van der Waals surface area contributed by atoms with Crippen LogP contribution in [0.25, 0.3) is 6.08 Å². The summed E-state index contributed by atoms with van der Waals surface area (Å²) in [6.07, 6.45) is -1.94. The average Bonchev–Trinajstić information content (AvgIpc) is 3.12. The SMILES string of the molecule is O=C(C=Cc1cccc(C(F)(F)F)c1)Nc1nc(COc2ccccc2)cs1. The maximum absolute atomic E-state index is 12.7. The van der Waals surface area contributed by atoms with Crippen LogP contribution in [0.4, 0.5) is 18.3 Å². The molecule has 0 atom stereocenters. The maximum atomic E-state index is 12.7. The molecular weight excluding hydrogens is 389 g/mol. The van der Waals surface area contributed by atoms with Crippen molar-refractivity contribution in [1.82, 2.24) is 4.98 Å². The Bertz CT molecular complexity index is 969. The summed E-state index contributed by atoms with van der Waals surface area (Å²) in [4.78, 5) is 16.2. The van der Waals surface area contributed by atoms with Gasteiger partial charge in [-0.05, 0) is 35.9 Å². The van der Waals surface area contributed by atoms with Gasteiger partial charge in [0.1, 0.15) is 12.4 Å². The summed E-state index contributed by atoms with van der Waals surface area (Å²) in [5.41, 5.74) is 0.171. The first-order chi connectivity index (χ1) is 13.4. The number of thiazole rings is 1. The maximum Gasteiger partial charge on any atom is 0.416 e. The third-order valence-electron chi connectivity index (χ3n) is 3.55. The van der Waals surface area contributed by atoms with E-state index in [1.54, 1.807) is 5.38 Å². The predicted molar refractivity (Wildman–Crippen MR) is 102 cm³/mol. The summed E-state index contributed by atoms with van der Waals surface area (Å²) in [7, 11) is 0. The number of aromatic nitrogens is 1. The molecule has 0 saturated carbocycles. The Hall–Kier alpha value is -3.13. The van der Waals surface area contributed by atoms with Crippen molar-refractivity contribution in [3.63, 3.8) is 0 Å². The van der Waals surface area contributed by atoms with E-state index in [2.05, 4.69) is 10.3 Å². The molecule has 1 aromatic heterocycles. The van der Waals surface area contributed by atoms with Crippen molar-refractivity contribution in [3.05, 3.63) is 82.9 Å². The van der Waals surface area contributed by atoms with Crippen LogP contribution in [0.1, 0.15) is 16.8 Å². The first-order valence-corrected chi connectivity index (χ1v) is 9.07. The zero-order valence-electron chi connectivity index (χ0n) is 14.4. The number of para-hydroxylation sites is 1. The van der Waals surface area contributed by atoms with Crippen LogP contribution in [0.5, 0.6) is 5.75 Å². The van der Waals surface area contributed by atoms with Gasteiger partial charge < -0.3 is 4.74 Å². The van der Waals surface area contributed by atoms with Crippen LogP contribution in [0.2, 0.25) is 0 Å². The third kappa shape index (κ3) is 5.68. The van der Waals surface area contributed by atoms with Gasteiger partial charge in [0.25, 0.3) is 0 Å². The van der Waals surface area contributed by atoms with Crippen molar-refractivity contribution in [3.8, 4) is 5.75 Å². The first-order valence-electron chi connectivity index (χ1n) is 8.19. The summed E-state index contributed by atoms with van der Waals surface area (Å²) < 4.78 is 43.7. The Morgan fingerprint density at radius 1 is 1.14 bits per heavy atom. The van der Waals surface area contributed by atoms with Gasteiger partial charge in [0.05, 0.1) is 11.3 Å². The summed E-state index contributed by atoms with van der Waals surface area (Å²) in [5.74, 6) is 0.229. The molecule has 1 heterocycles. The predicted octanol–water partition coefficient (Wildman–Crippen LogP) is 5.39. The van der Waals surface area contributed by atoms with Crippen molar-refractivity contribution in [2.45, 2.75) is 12.8 Å². The molecule has 0 radical (unpaired) electrons. The number of hydrogen-bond acceptors (Lipinski definition) is 4. The molecule has 1 amide bonds. The number of halogens is 3. The molecule has 28 heavy (non-hydrogen) atoms. The van der Waals surface area contributed by atoms with E-state index >= 15 is 0 Å². The highest BCUT2D eigenvalue weighted by Crippen LogP contribution is 2.29. The van der Waals surface area contributed by atoms with Gasteiger partial charge in [0, 0.05) is 11.5 Å². The number of nitrogens with one attached hydrogen (secondary N) is 1.